The van der Waals surface area contributed by atoms with Gasteiger partial charge < -0.3 is 15.3 Å². The van der Waals surface area contributed by atoms with E-state index in [9.17, 15) is 145 Å². The molecule has 0 aromatic rings. The van der Waals surface area contributed by atoms with Crippen LogP contribution in [0.15, 0.2) is 0 Å². The second-order valence-corrected chi connectivity index (χ2v) is 17.9. The summed E-state index contributed by atoms with van der Waals surface area (Å²) in [5.41, 5.74) is -43.4. The molecule has 0 aromatic carbocycles. The monoisotopic (exact) mass is 1240 g/mol. The fraction of sp³-hybridized carbons (Fsp3) is 1.00. The number of hydrogen-bond donors (Lipinski definition) is 3. The average Bonchev–Trinajstić information content (AvgIpc) is 3.20. The van der Waals surface area contributed by atoms with Crippen molar-refractivity contribution in [2.75, 3.05) is 20.0 Å². The van der Waals surface area contributed by atoms with Crippen molar-refractivity contribution in [2.45, 2.75) is 199 Å². The molecular formula is C42H63F33O3. The summed E-state index contributed by atoms with van der Waals surface area (Å²) in [5, 5.41) is 27.1. The van der Waals surface area contributed by atoms with Gasteiger partial charge in [-0.3, -0.25) is 8.78 Å². The Morgan fingerprint density at radius 3 is 0.974 bits per heavy atom. The highest BCUT2D eigenvalue weighted by atomic mass is 19.4. The lowest BCUT2D eigenvalue weighted by Gasteiger charge is -2.58. The van der Waals surface area contributed by atoms with Gasteiger partial charge >= 0.3 is 48.6 Å². The molecule has 3 aliphatic rings. The van der Waals surface area contributed by atoms with Crippen molar-refractivity contribution < 1.29 is 160 Å². The number of hydrogen-bond acceptors (Lipinski definition) is 3. The third kappa shape index (κ3) is 11.4. The molecule has 0 spiro atoms. The maximum Gasteiger partial charge on any atom is 0.430 e. The summed E-state index contributed by atoms with van der Waals surface area (Å²) in [6.07, 6.45) is -51.1. The van der Waals surface area contributed by atoms with Gasteiger partial charge in [0.2, 0.25) is 5.67 Å². The average molecular weight is 1240 g/mol. The highest BCUT2D eigenvalue weighted by Gasteiger charge is 2.99. The van der Waals surface area contributed by atoms with E-state index in [1.165, 1.54) is 6.92 Å². The molecule has 0 bridgehead atoms. The topological polar surface area (TPSA) is 60.7 Å². The van der Waals surface area contributed by atoms with E-state index in [0.717, 1.165) is 13.8 Å². The zero-order chi connectivity index (χ0) is 58.6. The van der Waals surface area contributed by atoms with Crippen LogP contribution < -0.4 is 0 Å². The van der Waals surface area contributed by atoms with Crippen LogP contribution in [-0.4, -0.2) is 142 Å². The number of aliphatic hydroxyl groups is 3. The summed E-state index contributed by atoms with van der Waals surface area (Å²) in [6.45, 7) is -3.20. The first kappa shape index (κ1) is 86.8. The van der Waals surface area contributed by atoms with Crippen LogP contribution in [0, 0.1) is 47.3 Å². The van der Waals surface area contributed by atoms with Gasteiger partial charge in [-0.15, -0.1) is 0 Å². The molecular weight excluding hydrogens is 1180 g/mol. The van der Waals surface area contributed by atoms with E-state index in [2.05, 4.69) is 0 Å². The third-order valence-corrected chi connectivity index (χ3v) is 14.4. The normalized spacial score (nSPS) is 35.3. The summed E-state index contributed by atoms with van der Waals surface area (Å²) in [6, 6.07) is 0. The SMILES string of the molecule is C.C.C.C.C.C.CC1C(C)C(F)(CF)C(F)(F)C(F)(C(O)(C(F)(F)F)C(F)(F)F)C1(F)F.CC1C(C)C(F)C(F)(C(O)(C(F)(F)F)C(F)(F)F)C(F)(F)C1CF.CC1C(CF)CC(F)(C(O)(C(F)(F)F)C(F)(F)F)C(F)C1C. The summed E-state index contributed by atoms with van der Waals surface area (Å²) < 4.78 is 440. The van der Waals surface area contributed by atoms with Crippen molar-refractivity contribution in [3.8, 4) is 0 Å². The molecule has 3 nitrogen and oxygen atoms in total. The van der Waals surface area contributed by atoms with Gasteiger partial charge in [-0.1, -0.05) is 86.1 Å². The van der Waals surface area contributed by atoms with Crippen LogP contribution in [0.25, 0.3) is 0 Å². The lowest BCUT2D eigenvalue weighted by Crippen LogP contribution is -2.87. The summed E-state index contributed by atoms with van der Waals surface area (Å²) in [4.78, 5) is 0. The Labute approximate surface area is 427 Å². The maximum absolute atomic E-state index is 14.7. The van der Waals surface area contributed by atoms with Crippen molar-refractivity contribution in [1.82, 2.24) is 0 Å². The van der Waals surface area contributed by atoms with Crippen LogP contribution in [0.3, 0.4) is 0 Å². The van der Waals surface area contributed by atoms with Crippen molar-refractivity contribution in [1.29, 1.82) is 0 Å². The van der Waals surface area contributed by atoms with Crippen LogP contribution in [0.2, 0.25) is 0 Å². The minimum absolute atomic E-state index is 0. The largest absolute Gasteiger partial charge is 0.430 e. The van der Waals surface area contributed by atoms with Crippen molar-refractivity contribution in [3.05, 3.63) is 0 Å². The molecule has 3 rings (SSSR count). The standard InChI is InChI=1S/C12H11F13O.C12H13F11O.C12H15F9O.6CH4/c1-4-5(2)7(15,16)8(17,10(18,19)6(4,14)3-13)9(26,11(20,21)22)12(23,24)25;1-4-5(2)7(14)8(15,9(16,17)6(4)3-13)10(24,11(18,19)20)12(21,22)23;1-5-6(2)8(14)9(15,3-7(5)4-13)10(22,11(16,17)18)12(19,20)21;;;;;;/h4-5,26H,3H2,1-2H3;4-7,24H,3H2,1-2H3;5-8,22H,3-4H2,1-2H3;6*1H4. The molecule has 3 N–H and O–H groups in total. The lowest BCUT2D eigenvalue weighted by molar-refractivity contribution is -0.479. The Morgan fingerprint density at radius 1 is 0.397 bits per heavy atom. The Morgan fingerprint density at radius 2 is 0.705 bits per heavy atom. The van der Waals surface area contributed by atoms with Crippen LogP contribution in [0.4, 0.5) is 145 Å². The van der Waals surface area contributed by atoms with Gasteiger partial charge in [0.05, 0.1) is 19.3 Å². The lowest BCUT2D eigenvalue weighted by atomic mass is 9.56. The predicted octanol–water partition coefficient (Wildman–Crippen LogP) is 17.1. The van der Waals surface area contributed by atoms with E-state index in [1.807, 2.05) is 0 Å². The molecule has 0 aliphatic heterocycles. The van der Waals surface area contributed by atoms with Crippen LogP contribution >= 0.6 is 0 Å². The quantitative estimate of drug-likeness (QED) is 0.232. The molecule has 3 aliphatic carbocycles. The van der Waals surface area contributed by atoms with Crippen LogP contribution in [-0.2, 0) is 0 Å². The summed E-state index contributed by atoms with van der Waals surface area (Å²) in [7, 11) is 0. The maximum atomic E-state index is 14.7. The minimum Gasteiger partial charge on any atom is -0.371 e. The summed E-state index contributed by atoms with van der Waals surface area (Å²) >= 11 is 0. The van der Waals surface area contributed by atoms with E-state index < -0.39 is 180 Å². The second-order valence-electron chi connectivity index (χ2n) is 17.9. The highest BCUT2D eigenvalue weighted by molar-refractivity contribution is 5.30. The first-order valence-corrected chi connectivity index (χ1v) is 19.6. The molecule has 3 fully saturated rings. The van der Waals surface area contributed by atoms with E-state index >= 15 is 0 Å². The fourth-order valence-corrected chi connectivity index (χ4v) is 9.03. The number of halogens is 33. The Balaban J connectivity index is -0.000000241. The molecule has 14 unspecified atom stereocenters. The van der Waals surface area contributed by atoms with Crippen molar-refractivity contribution in [3.63, 3.8) is 0 Å². The number of rotatable bonds is 6. The van der Waals surface area contributed by atoms with Crippen molar-refractivity contribution >= 4 is 0 Å². The predicted molar refractivity (Wildman–Crippen MR) is 216 cm³/mol. The molecule has 0 heterocycles. The minimum atomic E-state index is -7.48. The molecule has 0 radical (unpaired) electrons. The Kier molecular flexibility index (Phi) is 27.6. The zero-order valence-electron chi connectivity index (χ0n) is 36.4. The highest BCUT2D eigenvalue weighted by Crippen LogP contribution is 2.71. The van der Waals surface area contributed by atoms with Gasteiger partial charge in [0.15, 0.2) is 5.67 Å². The number of alkyl halides is 33. The summed E-state index contributed by atoms with van der Waals surface area (Å²) in [5.74, 6) is -36.2. The smallest absolute Gasteiger partial charge is 0.371 e. The van der Waals surface area contributed by atoms with Gasteiger partial charge in [-0.05, 0) is 36.0 Å². The Hall–Kier alpha value is -2.43. The van der Waals surface area contributed by atoms with E-state index in [0.29, 0.717) is 6.92 Å². The second kappa shape index (κ2) is 24.8. The molecule has 36 heteroatoms. The first-order valence-electron chi connectivity index (χ1n) is 19.6. The van der Waals surface area contributed by atoms with Gasteiger partial charge in [0.25, 0.3) is 34.4 Å². The molecule has 0 amide bonds. The van der Waals surface area contributed by atoms with Crippen molar-refractivity contribution in [2.24, 2.45) is 47.3 Å². The van der Waals surface area contributed by atoms with Crippen LogP contribution in [0.5, 0.6) is 0 Å². The Bertz CT molecular complexity index is 1800. The molecule has 14 atom stereocenters. The third-order valence-electron chi connectivity index (χ3n) is 14.4. The van der Waals surface area contributed by atoms with Gasteiger partial charge in [0.1, 0.15) is 19.0 Å². The van der Waals surface area contributed by atoms with E-state index in [1.54, 1.807) is 0 Å². The van der Waals surface area contributed by atoms with Crippen LogP contribution in [0.1, 0.15) is 92.5 Å². The molecule has 0 saturated heterocycles. The van der Waals surface area contributed by atoms with E-state index in [4.69, 9.17) is 15.3 Å². The first-order chi connectivity index (χ1) is 31.2. The molecule has 78 heavy (non-hydrogen) atoms. The van der Waals surface area contributed by atoms with Gasteiger partial charge in [0, 0.05) is 11.8 Å². The zero-order valence-corrected chi connectivity index (χ0v) is 36.4. The van der Waals surface area contributed by atoms with E-state index in [-0.39, 0.29) is 58.4 Å². The van der Waals surface area contributed by atoms with Gasteiger partial charge in [-0.2, -0.15) is 87.8 Å². The van der Waals surface area contributed by atoms with Gasteiger partial charge in [-0.25, -0.2) is 48.3 Å². The molecule has 0 aromatic heterocycles. The molecule has 3 saturated carbocycles. The molecule has 480 valence electrons. The fourth-order valence-electron chi connectivity index (χ4n) is 9.03.